The first-order valence-corrected chi connectivity index (χ1v) is 9.45. The molecule has 0 amide bonds. The van der Waals surface area contributed by atoms with Gasteiger partial charge in [-0.2, -0.15) is 5.10 Å². The molecule has 1 aromatic heterocycles. The van der Waals surface area contributed by atoms with Gasteiger partial charge in [-0.3, -0.25) is 9.67 Å². The third-order valence-electron chi connectivity index (χ3n) is 4.70. The molecule has 0 spiro atoms. The van der Waals surface area contributed by atoms with Crippen LogP contribution in [0.4, 0.5) is 0 Å². The second-order valence-electron chi connectivity index (χ2n) is 7.98. The zero-order valence-electron chi connectivity index (χ0n) is 17.4. The van der Waals surface area contributed by atoms with Gasteiger partial charge in [-0.1, -0.05) is 43.7 Å². The quantitative estimate of drug-likeness (QED) is 0.516. The van der Waals surface area contributed by atoms with Gasteiger partial charge < -0.3 is 15.7 Å². The molecule has 0 bridgehead atoms. The summed E-state index contributed by atoms with van der Waals surface area (Å²) in [6.07, 6.45) is 3.51. The van der Waals surface area contributed by atoms with Crippen molar-refractivity contribution in [3.8, 4) is 0 Å². The second kappa shape index (κ2) is 8.57. The summed E-state index contributed by atoms with van der Waals surface area (Å²) in [5.74, 6) is 0.697. The maximum atomic E-state index is 10.8. The fourth-order valence-corrected chi connectivity index (χ4v) is 2.83. The Bertz CT molecular complexity index is 776. The Morgan fingerprint density at radius 3 is 2.56 bits per heavy atom. The molecular formula is C21H33N5O. The van der Waals surface area contributed by atoms with Gasteiger partial charge in [0, 0.05) is 30.8 Å². The van der Waals surface area contributed by atoms with Crippen molar-refractivity contribution in [2.75, 3.05) is 19.6 Å². The number of aliphatic imine (C=N–C) groups is 1. The van der Waals surface area contributed by atoms with Crippen molar-refractivity contribution in [3.05, 3.63) is 53.3 Å². The van der Waals surface area contributed by atoms with Crippen LogP contribution in [0.2, 0.25) is 0 Å². The number of benzene rings is 1. The highest BCUT2D eigenvalue weighted by atomic mass is 16.3. The van der Waals surface area contributed by atoms with E-state index in [-0.39, 0.29) is 5.41 Å². The van der Waals surface area contributed by atoms with E-state index in [1.807, 2.05) is 20.2 Å². The lowest BCUT2D eigenvalue weighted by Gasteiger charge is -2.26. The standard InChI is InChI=1S/C21H33N5O/c1-7-22-19(24-15-21(5,27)18-12-25-26(6)13-18)23-14-20(3,4)17-10-8-9-16(2)11-17/h8-13,27H,7,14-15H2,1-6H3,(H2,22,23,24). The number of guanidine groups is 1. The Balaban J connectivity index is 2.07. The number of rotatable bonds is 7. The minimum absolute atomic E-state index is 0.0831. The first kappa shape index (κ1) is 21.0. The number of aliphatic hydroxyl groups is 1. The van der Waals surface area contributed by atoms with Crippen LogP contribution < -0.4 is 10.6 Å². The van der Waals surface area contributed by atoms with Gasteiger partial charge in [0.05, 0.1) is 19.3 Å². The van der Waals surface area contributed by atoms with E-state index < -0.39 is 5.60 Å². The van der Waals surface area contributed by atoms with E-state index >= 15 is 0 Å². The van der Waals surface area contributed by atoms with Crippen LogP contribution in [0.3, 0.4) is 0 Å². The smallest absolute Gasteiger partial charge is 0.191 e. The summed E-state index contributed by atoms with van der Waals surface area (Å²) >= 11 is 0. The highest BCUT2D eigenvalue weighted by molar-refractivity contribution is 5.79. The molecule has 1 atom stereocenters. The molecule has 1 heterocycles. The van der Waals surface area contributed by atoms with E-state index in [1.54, 1.807) is 17.8 Å². The zero-order chi connectivity index (χ0) is 20.1. The molecule has 1 unspecified atom stereocenters. The van der Waals surface area contributed by atoms with Crippen LogP contribution in [0, 0.1) is 6.92 Å². The molecule has 0 aliphatic carbocycles. The van der Waals surface area contributed by atoms with Gasteiger partial charge in [0.1, 0.15) is 5.60 Å². The van der Waals surface area contributed by atoms with Gasteiger partial charge in [-0.05, 0) is 26.3 Å². The predicted octanol–water partition coefficient (Wildman–Crippen LogP) is 2.47. The Morgan fingerprint density at radius 1 is 1.22 bits per heavy atom. The van der Waals surface area contributed by atoms with E-state index in [2.05, 4.69) is 60.8 Å². The van der Waals surface area contributed by atoms with E-state index in [0.717, 1.165) is 12.1 Å². The van der Waals surface area contributed by atoms with Crippen LogP contribution in [-0.4, -0.2) is 40.5 Å². The highest BCUT2D eigenvalue weighted by Crippen LogP contribution is 2.24. The number of aryl methyl sites for hydroxylation is 2. The maximum absolute atomic E-state index is 10.8. The van der Waals surface area contributed by atoms with Gasteiger partial charge in [0.15, 0.2) is 5.96 Å². The average molecular weight is 372 g/mol. The summed E-state index contributed by atoms with van der Waals surface area (Å²) in [6, 6.07) is 8.55. The lowest BCUT2D eigenvalue weighted by atomic mass is 9.84. The van der Waals surface area contributed by atoms with Crippen LogP contribution >= 0.6 is 0 Å². The molecule has 0 saturated carbocycles. The Kier molecular flexibility index (Phi) is 6.65. The van der Waals surface area contributed by atoms with Crippen molar-refractivity contribution in [2.24, 2.45) is 12.0 Å². The first-order chi connectivity index (χ1) is 12.6. The predicted molar refractivity (Wildman–Crippen MR) is 111 cm³/mol. The summed E-state index contributed by atoms with van der Waals surface area (Å²) in [5.41, 5.74) is 2.18. The van der Waals surface area contributed by atoms with Crippen molar-refractivity contribution in [1.82, 2.24) is 20.4 Å². The Labute approximate surface area is 162 Å². The number of hydrogen-bond donors (Lipinski definition) is 3. The van der Waals surface area contributed by atoms with E-state index in [9.17, 15) is 5.11 Å². The van der Waals surface area contributed by atoms with Gasteiger partial charge in [-0.15, -0.1) is 0 Å². The van der Waals surface area contributed by atoms with Crippen LogP contribution in [0.25, 0.3) is 0 Å². The SMILES string of the molecule is CCNC(=NCC(C)(C)c1cccc(C)c1)NCC(C)(O)c1cnn(C)c1. The molecule has 2 aromatic rings. The second-order valence-corrected chi connectivity index (χ2v) is 7.98. The summed E-state index contributed by atoms with van der Waals surface area (Å²) in [6.45, 7) is 12.0. The van der Waals surface area contributed by atoms with Gasteiger partial charge in [-0.25, -0.2) is 0 Å². The molecule has 0 fully saturated rings. The Morgan fingerprint density at radius 2 is 1.96 bits per heavy atom. The fraction of sp³-hybridized carbons (Fsp3) is 0.524. The van der Waals surface area contributed by atoms with Crippen molar-refractivity contribution in [1.29, 1.82) is 0 Å². The molecule has 0 aliphatic rings. The third kappa shape index (κ3) is 5.82. The van der Waals surface area contributed by atoms with Crippen LogP contribution in [0.5, 0.6) is 0 Å². The number of hydrogen-bond acceptors (Lipinski definition) is 3. The topological polar surface area (TPSA) is 74.5 Å². The summed E-state index contributed by atoms with van der Waals surface area (Å²) in [7, 11) is 1.84. The largest absolute Gasteiger partial charge is 0.383 e. The molecule has 0 radical (unpaired) electrons. The number of nitrogens with zero attached hydrogens (tertiary/aromatic N) is 3. The summed E-state index contributed by atoms with van der Waals surface area (Å²) in [4.78, 5) is 4.76. The van der Waals surface area contributed by atoms with Gasteiger partial charge >= 0.3 is 0 Å². The van der Waals surface area contributed by atoms with Crippen molar-refractivity contribution < 1.29 is 5.11 Å². The van der Waals surface area contributed by atoms with Crippen LogP contribution in [0.1, 0.15) is 44.4 Å². The normalized spacial score (nSPS) is 14.7. The van der Waals surface area contributed by atoms with Gasteiger partial charge in [0.25, 0.3) is 0 Å². The van der Waals surface area contributed by atoms with E-state index in [4.69, 9.17) is 4.99 Å². The fourth-order valence-electron chi connectivity index (χ4n) is 2.83. The maximum Gasteiger partial charge on any atom is 0.191 e. The third-order valence-corrected chi connectivity index (χ3v) is 4.70. The molecule has 0 aliphatic heterocycles. The van der Waals surface area contributed by atoms with Gasteiger partial charge in [0.2, 0.25) is 0 Å². The monoisotopic (exact) mass is 371 g/mol. The van der Waals surface area contributed by atoms with Crippen molar-refractivity contribution >= 4 is 5.96 Å². The molecule has 6 heteroatoms. The van der Waals surface area contributed by atoms with Crippen LogP contribution in [-0.2, 0) is 18.1 Å². The molecule has 2 rings (SSSR count). The molecule has 1 aromatic carbocycles. The average Bonchev–Trinajstić information content (AvgIpc) is 3.05. The minimum atomic E-state index is -1.03. The lowest BCUT2D eigenvalue weighted by molar-refractivity contribution is 0.0616. The number of aromatic nitrogens is 2. The minimum Gasteiger partial charge on any atom is -0.383 e. The van der Waals surface area contributed by atoms with E-state index in [0.29, 0.717) is 19.0 Å². The summed E-state index contributed by atoms with van der Waals surface area (Å²) < 4.78 is 1.69. The lowest BCUT2D eigenvalue weighted by Crippen LogP contribution is -2.45. The van der Waals surface area contributed by atoms with E-state index in [1.165, 1.54) is 11.1 Å². The molecule has 3 N–H and O–H groups in total. The summed E-state index contributed by atoms with van der Waals surface area (Å²) in [5, 5.41) is 21.4. The zero-order valence-corrected chi connectivity index (χ0v) is 17.4. The van der Waals surface area contributed by atoms with Crippen molar-refractivity contribution in [3.63, 3.8) is 0 Å². The molecule has 148 valence electrons. The molecular weight excluding hydrogens is 338 g/mol. The number of nitrogens with one attached hydrogen (secondary N) is 2. The molecule has 6 nitrogen and oxygen atoms in total. The highest BCUT2D eigenvalue weighted by Gasteiger charge is 2.25. The molecule has 27 heavy (non-hydrogen) atoms. The molecule has 0 saturated heterocycles. The van der Waals surface area contributed by atoms with Crippen molar-refractivity contribution in [2.45, 2.75) is 45.6 Å². The first-order valence-electron chi connectivity index (χ1n) is 9.45. The van der Waals surface area contributed by atoms with Crippen LogP contribution in [0.15, 0.2) is 41.7 Å². The Hall–Kier alpha value is -2.34.